The fourth-order valence-electron chi connectivity index (χ4n) is 2.42. The van der Waals surface area contributed by atoms with Gasteiger partial charge in [0.15, 0.2) is 0 Å². The first kappa shape index (κ1) is 19.3. The van der Waals surface area contributed by atoms with Gasteiger partial charge in [0.05, 0.1) is 12.6 Å². The van der Waals surface area contributed by atoms with E-state index >= 15 is 0 Å². The van der Waals surface area contributed by atoms with Crippen molar-refractivity contribution in [3.05, 3.63) is 59.1 Å². The maximum atomic E-state index is 11.8. The molecule has 2 aromatic carbocycles. The van der Waals surface area contributed by atoms with Crippen LogP contribution in [0.25, 0.3) is 11.1 Å². The van der Waals surface area contributed by atoms with Crippen molar-refractivity contribution >= 4 is 17.7 Å². The van der Waals surface area contributed by atoms with Crippen LogP contribution in [0.2, 0.25) is 5.02 Å². The number of carbonyl (C=O) groups excluding carboxylic acids is 1. The Labute approximate surface area is 153 Å². The summed E-state index contributed by atoms with van der Waals surface area (Å²) in [6.45, 7) is 5.24. The zero-order chi connectivity index (χ0) is 18.4. The van der Waals surface area contributed by atoms with Gasteiger partial charge in [-0.3, -0.25) is 0 Å². The van der Waals surface area contributed by atoms with Crippen LogP contribution in [0.1, 0.15) is 26.3 Å². The smallest absolute Gasteiger partial charge is 0.407 e. The predicted molar refractivity (Wildman–Crippen MR) is 101 cm³/mol. The normalized spacial score (nSPS) is 12.5. The van der Waals surface area contributed by atoms with E-state index in [0.29, 0.717) is 11.4 Å². The van der Waals surface area contributed by atoms with Gasteiger partial charge in [0, 0.05) is 5.02 Å². The Kier molecular flexibility index (Phi) is 6.45. The first-order chi connectivity index (χ1) is 11.8. The van der Waals surface area contributed by atoms with Crippen molar-refractivity contribution in [2.45, 2.75) is 38.8 Å². The number of carbonyl (C=O) groups is 1. The maximum Gasteiger partial charge on any atom is 0.407 e. The van der Waals surface area contributed by atoms with E-state index in [1.54, 1.807) is 20.8 Å². The Morgan fingerprint density at radius 1 is 1.16 bits per heavy atom. The number of hydrogen-bond acceptors (Lipinski definition) is 3. The fourth-order valence-corrected chi connectivity index (χ4v) is 2.61. The molecule has 134 valence electrons. The highest BCUT2D eigenvalue weighted by atomic mass is 35.5. The number of hydrogen-bond donors (Lipinski definition) is 2. The number of rotatable bonds is 5. The SMILES string of the molecule is CC(C)(C)OC(=O)N[C@@H](CO)Cc1ccc(-c2cccc(Cl)c2)cc1. The highest BCUT2D eigenvalue weighted by Crippen LogP contribution is 2.23. The first-order valence-corrected chi connectivity index (χ1v) is 8.60. The zero-order valence-electron chi connectivity index (χ0n) is 14.8. The third-order valence-corrected chi connectivity index (χ3v) is 3.77. The third-order valence-electron chi connectivity index (χ3n) is 3.54. The number of aliphatic hydroxyl groups excluding tert-OH is 1. The predicted octanol–water partition coefficient (Wildman–Crippen LogP) is 4.44. The van der Waals surface area contributed by atoms with Crippen molar-refractivity contribution in [3.8, 4) is 11.1 Å². The molecule has 2 aromatic rings. The number of halogens is 1. The van der Waals surface area contributed by atoms with Crippen molar-refractivity contribution in [1.82, 2.24) is 5.32 Å². The summed E-state index contributed by atoms with van der Waals surface area (Å²) in [5.41, 5.74) is 2.56. The van der Waals surface area contributed by atoms with E-state index in [-0.39, 0.29) is 6.61 Å². The number of alkyl carbamates (subject to hydrolysis) is 1. The highest BCUT2D eigenvalue weighted by Gasteiger charge is 2.19. The second-order valence-electron chi connectivity index (χ2n) is 6.94. The molecule has 0 unspecified atom stereocenters. The molecule has 25 heavy (non-hydrogen) atoms. The van der Waals surface area contributed by atoms with Crippen LogP contribution in [-0.2, 0) is 11.2 Å². The Morgan fingerprint density at radius 3 is 2.40 bits per heavy atom. The molecule has 4 nitrogen and oxygen atoms in total. The van der Waals surface area contributed by atoms with E-state index in [0.717, 1.165) is 16.7 Å². The quantitative estimate of drug-likeness (QED) is 0.827. The molecule has 0 spiro atoms. The van der Waals surface area contributed by atoms with Gasteiger partial charge < -0.3 is 15.2 Å². The summed E-state index contributed by atoms with van der Waals surface area (Å²) in [5, 5.41) is 12.9. The number of benzene rings is 2. The van der Waals surface area contributed by atoms with E-state index in [1.807, 2.05) is 48.5 Å². The largest absolute Gasteiger partial charge is 0.444 e. The van der Waals surface area contributed by atoms with Gasteiger partial charge in [-0.05, 0) is 56.0 Å². The van der Waals surface area contributed by atoms with Gasteiger partial charge in [0.1, 0.15) is 5.60 Å². The highest BCUT2D eigenvalue weighted by molar-refractivity contribution is 6.30. The van der Waals surface area contributed by atoms with Crippen molar-refractivity contribution in [1.29, 1.82) is 0 Å². The summed E-state index contributed by atoms with van der Waals surface area (Å²) in [6.07, 6.45) is -0.00642. The second-order valence-corrected chi connectivity index (χ2v) is 7.37. The van der Waals surface area contributed by atoms with Gasteiger partial charge in [-0.15, -0.1) is 0 Å². The molecule has 0 aliphatic rings. The van der Waals surface area contributed by atoms with Gasteiger partial charge in [-0.25, -0.2) is 4.79 Å². The molecule has 0 aromatic heterocycles. The molecule has 1 amide bonds. The number of ether oxygens (including phenoxy) is 1. The number of nitrogens with one attached hydrogen (secondary N) is 1. The lowest BCUT2D eigenvalue weighted by molar-refractivity contribution is 0.0483. The van der Waals surface area contributed by atoms with Crippen LogP contribution in [0.3, 0.4) is 0 Å². The molecular formula is C20H24ClNO3. The van der Waals surface area contributed by atoms with Crippen LogP contribution < -0.4 is 5.32 Å². The maximum absolute atomic E-state index is 11.8. The molecule has 1 atom stereocenters. The lowest BCUT2D eigenvalue weighted by Crippen LogP contribution is -2.42. The molecule has 2 N–H and O–H groups in total. The summed E-state index contributed by atoms with van der Waals surface area (Å²) in [6, 6.07) is 15.2. The standard InChI is InChI=1S/C20H24ClNO3/c1-20(2,3)25-19(24)22-18(13-23)11-14-7-9-15(10-8-14)16-5-4-6-17(21)12-16/h4-10,12,18,23H,11,13H2,1-3H3,(H,22,24)/t18-/m1/s1. The monoisotopic (exact) mass is 361 g/mol. The Bertz CT molecular complexity index is 708. The van der Waals surface area contributed by atoms with Crippen LogP contribution >= 0.6 is 11.6 Å². The molecule has 0 fully saturated rings. The van der Waals surface area contributed by atoms with E-state index in [1.165, 1.54) is 0 Å². The zero-order valence-corrected chi connectivity index (χ0v) is 15.5. The topological polar surface area (TPSA) is 58.6 Å². The van der Waals surface area contributed by atoms with E-state index in [2.05, 4.69) is 5.32 Å². The van der Waals surface area contributed by atoms with Crippen molar-refractivity contribution in [2.75, 3.05) is 6.61 Å². The van der Waals surface area contributed by atoms with Crippen LogP contribution in [0.15, 0.2) is 48.5 Å². The fraction of sp³-hybridized carbons (Fsp3) is 0.350. The van der Waals surface area contributed by atoms with Gasteiger partial charge in [-0.2, -0.15) is 0 Å². The molecule has 0 bridgehead atoms. The van der Waals surface area contributed by atoms with Crippen molar-refractivity contribution in [3.63, 3.8) is 0 Å². The molecular weight excluding hydrogens is 338 g/mol. The van der Waals surface area contributed by atoms with Crippen LogP contribution in [-0.4, -0.2) is 29.4 Å². The van der Waals surface area contributed by atoms with E-state index < -0.39 is 17.7 Å². The van der Waals surface area contributed by atoms with Crippen LogP contribution in [0.4, 0.5) is 4.79 Å². The van der Waals surface area contributed by atoms with Gasteiger partial charge in [0.2, 0.25) is 0 Å². The molecule has 0 aliphatic heterocycles. The Morgan fingerprint density at radius 2 is 1.84 bits per heavy atom. The number of aliphatic hydroxyl groups is 1. The summed E-state index contributed by atoms with van der Waals surface area (Å²) in [7, 11) is 0. The summed E-state index contributed by atoms with van der Waals surface area (Å²) >= 11 is 6.03. The average molecular weight is 362 g/mol. The second kappa shape index (κ2) is 8.37. The number of amides is 1. The van der Waals surface area contributed by atoms with Crippen LogP contribution in [0.5, 0.6) is 0 Å². The van der Waals surface area contributed by atoms with E-state index in [9.17, 15) is 9.90 Å². The molecule has 0 saturated heterocycles. The lowest BCUT2D eigenvalue weighted by Gasteiger charge is -2.22. The van der Waals surface area contributed by atoms with Gasteiger partial charge >= 0.3 is 6.09 Å². The van der Waals surface area contributed by atoms with Gasteiger partial charge in [-0.1, -0.05) is 48.0 Å². The summed E-state index contributed by atoms with van der Waals surface area (Å²) < 4.78 is 5.22. The first-order valence-electron chi connectivity index (χ1n) is 8.22. The van der Waals surface area contributed by atoms with Crippen molar-refractivity contribution < 1.29 is 14.6 Å². The van der Waals surface area contributed by atoms with Gasteiger partial charge in [0.25, 0.3) is 0 Å². The lowest BCUT2D eigenvalue weighted by atomic mass is 10.0. The molecule has 0 aliphatic carbocycles. The minimum absolute atomic E-state index is 0.157. The molecule has 0 radical (unpaired) electrons. The van der Waals surface area contributed by atoms with Crippen molar-refractivity contribution in [2.24, 2.45) is 0 Å². The average Bonchev–Trinajstić information content (AvgIpc) is 2.53. The summed E-state index contributed by atoms with van der Waals surface area (Å²) in [4.78, 5) is 11.8. The molecule has 0 saturated carbocycles. The van der Waals surface area contributed by atoms with E-state index in [4.69, 9.17) is 16.3 Å². The third kappa shape index (κ3) is 6.40. The minimum Gasteiger partial charge on any atom is -0.444 e. The Hall–Kier alpha value is -2.04. The molecule has 0 heterocycles. The van der Waals surface area contributed by atoms with Crippen LogP contribution in [0, 0.1) is 0 Å². The molecule has 2 rings (SSSR count). The Balaban J connectivity index is 2.00. The summed E-state index contributed by atoms with van der Waals surface area (Å²) in [5.74, 6) is 0. The molecule has 5 heteroatoms. The minimum atomic E-state index is -0.567.